The molecule has 0 N–H and O–H groups in total. The largest absolute Gasteiger partial charge is 0.465 e. The number of methoxy groups -OCH3 is 1. The summed E-state index contributed by atoms with van der Waals surface area (Å²) in [5.74, 6) is -2.76. The van der Waals surface area contributed by atoms with E-state index in [1.807, 2.05) is 0 Å². The first kappa shape index (κ1) is 18.8. The van der Waals surface area contributed by atoms with Gasteiger partial charge in [0.15, 0.2) is 5.75 Å². The molecule has 5 nitrogen and oxygen atoms in total. The highest BCUT2D eigenvalue weighted by molar-refractivity contribution is 7.87. The number of rotatable bonds is 5. The molecule has 134 valence electrons. The van der Waals surface area contributed by atoms with Crippen molar-refractivity contribution in [1.29, 1.82) is 0 Å². The van der Waals surface area contributed by atoms with E-state index in [9.17, 15) is 26.4 Å². The second-order valence-corrected chi connectivity index (χ2v) is 6.56. The normalized spacial score (nSPS) is 11.8. The molecule has 0 aromatic heterocycles. The Hall–Kier alpha value is -2.55. The minimum absolute atomic E-state index is 0.223. The van der Waals surface area contributed by atoms with Gasteiger partial charge in [-0.05, 0) is 35.4 Å². The molecule has 9 heteroatoms. The maximum atomic E-state index is 12.2. The first-order valence-electron chi connectivity index (χ1n) is 6.87. The maximum Gasteiger partial charge on any atom is 0.406 e. The van der Waals surface area contributed by atoms with Gasteiger partial charge in [-0.15, -0.1) is 0 Å². The van der Waals surface area contributed by atoms with Crippen molar-refractivity contribution in [3.8, 4) is 16.9 Å². The van der Waals surface area contributed by atoms with E-state index in [2.05, 4.69) is 8.92 Å². The lowest BCUT2D eigenvalue weighted by molar-refractivity contribution is -0.107. The molecular weight excluding hydrogens is 361 g/mol. The molecule has 0 unspecified atom stereocenters. The van der Waals surface area contributed by atoms with Crippen LogP contribution >= 0.6 is 0 Å². The van der Waals surface area contributed by atoms with Crippen molar-refractivity contribution >= 4 is 16.1 Å². The molecule has 0 saturated heterocycles. The highest BCUT2D eigenvalue weighted by atomic mass is 32.2. The van der Waals surface area contributed by atoms with Crippen molar-refractivity contribution in [2.24, 2.45) is 0 Å². The highest BCUT2D eigenvalue weighted by Gasteiger charge is 2.36. The third-order valence-corrected chi connectivity index (χ3v) is 4.18. The van der Waals surface area contributed by atoms with Gasteiger partial charge in [-0.25, -0.2) is 4.79 Å². The molecule has 0 aliphatic heterocycles. The lowest BCUT2D eigenvalue weighted by Gasteiger charge is -2.10. The van der Waals surface area contributed by atoms with Crippen LogP contribution in [-0.2, 0) is 14.9 Å². The standard InChI is InChI=1S/C16H13F3O5S/c1-23-15(20)13-4-2-11(3-5-13)12-6-8-14(9-7-12)24-25(21,22)10-16(17,18)19/h2-9H,10H2,1H3. The van der Waals surface area contributed by atoms with Crippen LogP contribution in [0.5, 0.6) is 5.75 Å². The number of halogens is 3. The SMILES string of the molecule is COC(=O)c1ccc(-c2ccc(OS(=O)(=O)CC(F)(F)F)cc2)cc1. The lowest BCUT2D eigenvalue weighted by Crippen LogP contribution is -2.26. The Morgan fingerprint density at radius 1 is 0.960 bits per heavy atom. The summed E-state index contributed by atoms with van der Waals surface area (Å²) < 4.78 is 68.1. The van der Waals surface area contributed by atoms with Crippen LogP contribution in [-0.4, -0.2) is 33.4 Å². The summed E-state index contributed by atoms with van der Waals surface area (Å²) in [6, 6.07) is 11.9. The van der Waals surface area contributed by atoms with Crippen molar-refractivity contribution in [3.63, 3.8) is 0 Å². The Labute approximate surface area is 142 Å². The fraction of sp³-hybridized carbons (Fsp3) is 0.188. The zero-order valence-corrected chi connectivity index (χ0v) is 13.7. The van der Waals surface area contributed by atoms with Crippen molar-refractivity contribution in [3.05, 3.63) is 54.1 Å². The number of benzene rings is 2. The van der Waals surface area contributed by atoms with Gasteiger partial charge in [0.25, 0.3) is 0 Å². The molecule has 0 aliphatic carbocycles. The van der Waals surface area contributed by atoms with Crippen molar-refractivity contribution in [2.45, 2.75) is 6.18 Å². The molecule has 0 saturated carbocycles. The van der Waals surface area contributed by atoms with Crippen LogP contribution in [0, 0.1) is 0 Å². The van der Waals surface area contributed by atoms with E-state index < -0.39 is 28.0 Å². The van der Waals surface area contributed by atoms with Gasteiger partial charge in [0.2, 0.25) is 0 Å². The third kappa shape index (κ3) is 5.49. The summed E-state index contributed by atoms with van der Waals surface area (Å²) in [5.41, 5.74) is 1.75. The number of alkyl halides is 3. The minimum Gasteiger partial charge on any atom is -0.465 e. The summed E-state index contributed by atoms with van der Waals surface area (Å²) in [6.45, 7) is 0. The molecule has 0 fully saturated rings. The van der Waals surface area contributed by atoms with E-state index in [1.54, 1.807) is 24.3 Å². The van der Waals surface area contributed by atoms with Gasteiger partial charge in [0, 0.05) is 0 Å². The molecule has 0 amide bonds. The smallest absolute Gasteiger partial charge is 0.406 e. The Balaban J connectivity index is 2.13. The summed E-state index contributed by atoms with van der Waals surface area (Å²) in [5, 5.41) is 0. The fourth-order valence-electron chi connectivity index (χ4n) is 2.00. The number of ether oxygens (including phenoxy) is 1. The summed E-state index contributed by atoms with van der Waals surface area (Å²) in [6.07, 6.45) is -4.87. The van der Waals surface area contributed by atoms with Gasteiger partial charge in [-0.2, -0.15) is 21.6 Å². The van der Waals surface area contributed by atoms with Gasteiger partial charge in [0.1, 0.15) is 5.75 Å². The quantitative estimate of drug-likeness (QED) is 0.593. The molecule has 0 bridgehead atoms. The van der Waals surface area contributed by atoms with Crippen LogP contribution in [0.3, 0.4) is 0 Å². The zero-order chi connectivity index (χ0) is 18.7. The zero-order valence-electron chi connectivity index (χ0n) is 12.9. The van der Waals surface area contributed by atoms with Gasteiger partial charge >= 0.3 is 22.3 Å². The molecule has 0 aliphatic rings. The van der Waals surface area contributed by atoms with E-state index >= 15 is 0 Å². The monoisotopic (exact) mass is 374 g/mol. The highest BCUT2D eigenvalue weighted by Crippen LogP contribution is 2.25. The van der Waals surface area contributed by atoms with E-state index in [1.165, 1.54) is 31.4 Å². The first-order valence-corrected chi connectivity index (χ1v) is 8.45. The number of carbonyl (C=O) groups excluding carboxylic acids is 1. The summed E-state index contributed by atoms with van der Waals surface area (Å²) >= 11 is 0. The fourth-order valence-corrected chi connectivity index (χ4v) is 2.86. The number of esters is 1. The second-order valence-electron chi connectivity index (χ2n) is 4.99. The van der Waals surface area contributed by atoms with Crippen LogP contribution in [0.25, 0.3) is 11.1 Å². The number of hydrogen-bond acceptors (Lipinski definition) is 5. The molecule has 0 radical (unpaired) electrons. The summed E-state index contributed by atoms with van der Waals surface area (Å²) in [4.78, 5) is 11.4. The van der Waals surface area contributed by atoms with E-state index in [4.69, 9.17) is 0 Å². The van der Waals surface area contributed by atoms with Crippen LogP contribution in [0.2, 0.25) is 0 Å². The van der Waals surface area contributed by atoms with Crippen LogP contribution < -0.4 is 4.18 Å². The average molecular weight is 374 g/mol. The topological polar surface area (TPSA) is 69.7 Å². The van der Waals surface area contributed by atoms with Gasteiger partial charge < -0.3 is 8.92 Å². The van der Waals surface area contributed by atoms with Gasteiger partial charge in [0.05, 0.1) is 12.7 Å². The van der Waals surface area contributed by atoms with Crippen LogP contribution in [0.4, 0.5) is 13.2 Å². The van der Waals surface area contributed by atoms with Crippen LogP contribution in [0.15, 0.2) is 48.5 Å². The van der Waals surface area contributed by atoms with Crippen molar-refractivity contribution in [2.75, 3.05) is 12.9 Å². The molecule has 0 heterocycles. The molecule has 25 heavy (non-hydrogen) atoms. The van der Waals surface area contributed by atoms with E-state index in [0.717, 1.165) is 5.56 Å². The maximum absolute atomic E-state index is 12.2. The lowest BCUT2D eigenvalue weighted by atomic mass is 10.0. The molecule has 2 aromatic rings. The van der Waals surface area contributed by atoms with Crippen molar-refractivity contribution in [1.82, 2.24) is 0 Å². The second kappa shape index (κ2) is 7.14. The predicted octanol–water partition coefficient (Wildman–Crippen LogP) is 3.41. The number of carbonyl (C=O) groups is 1. The molecule has 0 atom stereocenters. The minimum atomic E-state index is -4.87. The Bertz CT molecular complexity index is 841. The molecule has 0 spiro atoms. The molecule has 2 rings (SSSR count). The number of hydrogen-bond donors (Lipinski definition) is 0. The van der Waals surface area contributed by atoms with Crippen LogP contribution in [0.1, 0.15) is 10.4 Å². The molecular formula is C16H13F3O5S. The van der Waals surface area contributed by atoms with Gasteiger partial charge in [-0.3, -0.25) is 0 Å². The van der Waals surface area contributed by atoms with E-state index in [-0.39, 0.29) is 5.75 Å². The average Bonchev–Trinajstić information content (AvgIpc) is 2.52. The van der Waals surface area contributed by atoms with E-state index in [0.29, 0.717) is 11.1 Å². The van der Waals surface area contributed by atoms with Crippen molar-refractivity contribution < 1.29 is 35.3 Å². The Morgan fingerprint density at radius 2 is 1.44 bits per heavy atom. The van der Waals surface area contributed by atoms with Gasteiger partial charge in [-0.1, -0.05) is 24.3 Å². The Morgan fingerprint density at radius 3 is 1.88 bits per heavy atom. The third-order valence-electron chi connectivity index (χ3n) is 3.06. The summed E-state index contributed by atoms with van der Waals surface area (Å²) in [7, 11) is -3.50. The Kier molecular flexibility index (Phi) is 5.36. The molecule has 2 aromatic carbocycles. The first-order chi connectivity index (χ1) is 11.6. The predicted molar refractivity (Wildman–Crippen MR) is 83.7 cm³/mol.